The Morgan fingerprint density at radius 2 is 2.17 bits per heavy atom. The number of piperidine rings is 1. The summed E-state index contributed by atoms with van der Waals surface area (Å²) in [7, 11) is 0. The van der Waals surface area contributed by atoms with Crippen molar-refractivity contribution in [1.82, 2.24) is 0 Å². The average Bonchev–Trinajstić information content (AvgIpc) is 2.40. The summed E-state index contributed by atoms with van der Waals surface area (Å²) in [5, 5.41) is 0. The average molecular weight is 248 g/mol. The van der Waals surface area contributed by atoms with Gasteiger partial charge in [0, 0.05) is 24.5 Å². The van der Waals surface area contributed by atoms with Gasteiger partial charge in [-0.05, 0) is 44.0 Å². The minimum absolute atomic E-state index is 0.00347. The number of hydrogen-bond donors (Lipinski definition) is 1. The van der Waals surface area contributed by atoms with Gasteiger partial charge < -0.3 is 15.4 Å². The molecule has 1 heterocycles. The first-order valence-corrected chi connectivity index (χ1v) is 6.48. The maximum absolute atomic E-state index is 11.8. The third-order valence-corrected chi connectivity index (χ3v) is 3.30. The molecule has 0 aromatic heterocycles. The molecule has 98 valence electrons. The number of nitrogens with zero attached hydrogens (tertiary/aromatic N) is 1. The van der Waals surface area contributed by atoms with E-state index in [-0.39, 0.29) is 11.9 Å². The number of carbonyl (C=O) groups is 1. The first-order chi connectivity index (χ1) is 8.70. The molecular weight excluding hydrogens is 228 g/mol. The number of benzene rings is 1. The summed E-state index contributed by atoms with van der Waals surface area (Å²) >= 11 is 0. The van der Waals surface area contributed by atoms with Crippen LogP contribution in [0.25, 0.3) is 0 Å². The second-order valence-electron chi connectivity index (χ2n) is 4.63. The fourth-order valence-electron chi connectivity index (χ4n) is 2.35. The number of esters is 1. The molecule has 0 bridgehead atoms. The molecule has 1 atom stereocenters. The van der Waals surface area contributed by atoms with E-state index in [1.165, 1.54) is 0 Å². The first kappa shape index (κ1) is 12.7. The lowest BCUT2D eigenvalue weighted by molar-refractivity contribution is -0.148. The van der Waals surface area contributed by atoms with Crippen LogP contribution in [0, 0.1) is 5.92 Å². The molecule has 0 saturated carbocycles. The van der Waals surface area contributed by atoms with Gasteiger partial charge in [0.2, 0.25) is 0 Å². The summed E-state index contributed by atoms with van der Waals surface area (Å²) in [5.41, 5.74) is 7.56. The van der Waals surface area contributed by atoms with Crippen LogP contribution < -0.4 is 10.6 Å². The van der Waals surface area contributed by atoms with Gasteiger partial charge in [-0.25, -0.2) is 0 Å². The zero-order valence-electron chi connectivity index (χ0n) is 10.8. The van der Waals surface area contributed by atoms with Gasteiger partial charge >= 0.3 is 5.97 Å². The topological polar surface area (TPSA) is 55.6 Å². The minimum Gasteiger partial charge on any atom is -0.466 e. The Hall–Kier alpha value is -1.71. The monoisotopic (exact) mass is 248 g/mol. The highest BCUT2D eigenvalue weighted by Gasteiger charge is 2.26. The molecule has 1 fully saturated rings. The van der Waals surface area contributed by atoms with Crippen molar-refractivity contribution in [3.8, 4) is 0 Å². The van der Waals surface area contributed by atoms with Crippen molar-refractivity contribution in [3.63, 3.8) is 0 Å². The predicted octanol–water partition coefficient (Wildman–Crippen LogP) is 2.05. The molecule has 4 nitrogen and oxygen atoms in total. The SMILES string of the molecule is CCOC(=O)[C@H]1CCCN(c2ccc(N)cc2)C1. The van der Waals surface area contributed by atoms with E-state index in [2.05, 4.69) is 4.90 Å². The van der Waals surface area contributed by atoms with Crippen LogP contribution in [-0.2, 0) is 9.53 Å². The summed E-state index contributed by atoms with van der Waals surface area (Å²) in [6, 6.07) is 7.79. The van der Waals surface area contributed by atoms with Crippen LogP contribution in [0.15, 0.2) is 24.3 Å². The number of rotatable bonds is 3. The molecule has 0 radical (unpaired) electrons. The standard InChI is InChI=1S/C14H20N2O2/c1-2-18-14(17)11-4-3-9-16(10-11)13-7-5-12(15)6-8-13/h5-8,11H,2-4,9-10,15H2,1H3/t11-/m0/s1. The largest absolute Gasteiger partial charge is 0.466 e. The van der Waals surface area contributed by atoms with E-state index < -0.39 is 0 Å². The molecule has 1 aliphatic rings. The van der Waals surface area contributed by atoms with Crippen molar-refractivity contribution < 1.29 is 9.53 Å². The highest BCUT2D eigenvalue weighted by Crippen LogP contribution is 2.24. The highest BCUT2D eigenvalue weighted by molar-refractivity contribution is 5.73. The molecule has 1 aromatic carbocycles. The van der Waals surface area contributed by atoms with Crippen molar-refractivity contribution in [3.05, 3.63) is 24.3 Å². The van der Waals surface area contributed by atoms with Crippen LogP contribution in [0.4, 0.5) is 11.4 Å². The van der Waals surface area contributed by atoms with Crippen LogP contribution in [0.2, 0.25) is 0 Å². The fraction of sp³-hybridized carbons (Fsp3) is 0.500. The van der Waals surface area contributed by atoms with Crippen LogP contribution in [0.5, 0.6) is 0 Å². The molecule has 0 spiro atoms. The Morgan fingerprint density at radius 1 is 1.44 bits per heavy atom. The molecule has 4 heteroatoms. The molecule has 2 rings (SSSR count). The number of ether oxygens (including phenoxy) is 1. The van der Waals surface area contributed by atoms with Gasteiger partial charge in [-0.15, -0.1) is 0 Å². The normalized spacial score (nSPS) is 19.6. The van der Waals surface area contributed by atoms with Crippen molar-refractivity contribution in [1.29, 1.82) is 0 Å². The maximum atomic E-state index is 11.8. The lowest BCUT2D eigenvalue weighted by Crippen LogP contribution is -2.39. The van der Waals surface area contributed by atoms with Crippen molar-refractivity contribution in [2.24, 2.45) is 5.92 Å². The van der Waals surface area contributed by atoms with Gasteiger partial charge in [0.1, 0.15) is 0 Å². The second kappa shape index (κ2) is 5.76. The lowest BCUT2D eigenvalue weighted by atomic mass is 9.97. The molecular formula is C14H20N2O2. The molecule has 1 saturated heterocycles. The lowest BCUT2D eigenvalue weighted by Gasteiger charge is -2.33. The van der Waals surface area contributed by atoms with Gasteiger partial charge in [0.05, 0.1) is 12.5 Å². The van der Waals surface area contributed by atoms with Gasteiger partial charge in [0.25, 0.3) is 0 Å². The first-order valence-electron chi connectivity index (χ1n) is 6.48. The van der Waals surface area contributed by atoms with E-state index in [1.54, 1.807) is 0 Å². The zero-order chi connectivity index (χ0) is 13.0. The highest BCUT2D eigenvalue weighted by atomic mass is 16.5. The van der Waals surface area contributed by atoms with Crippen LogP contribution >= 0.6 is 0 Å². The Bertz CT molecular complexity index is 403. The van der Waals surface area contributed by atoms with Crippen molar-refractivity contribution in [2.45, 2.75) is 19.8 Å². The Labute approximate surface area is 108 Å². The van der Waals surface area contributed by atoms with Crippen LogP contribution in [0.3, 0.4) is 0 Å². The molecule has 2 N–H and O–H groups in total. The summed E-state index contributed by atoms with van der Waals surface area (Å²) in [4.78, 5) is 14.0. The Morgan fingerprint density at radius 3 is 2.83 bits per heavy atom. The maximum Gasteiger partial charge on any atom is 0.310 e. The van der Waals surface area contributed by atoms with Crippen molar-refractivity contribution >= 4 is 17.3 Å². The van der Waals surface area contributed by atoms with E-state index in [0.29, 0.717) is 6.61 Å². The quantitative estimate of drug-likeness (QED) is 0.657. The number of carbonyl (C=O) groups excluding carboxylic acids is 1. The van der Waals surface area contributed by atoms with E-state index in [1.807, 2.05) is 31.2 Å². The van der Waals surface area contributed by atoms with Crippen LogP contribution in [0.1, 0.15) is 19.8 Å². The van der Waals surface area contributed by atoms with E-state index in [0.717, 1.165) is 37.3 Å². The number of hydrogen-bond acceptors (Lipinski definition) is 4. The Balaban J connectivity index is 2.02. The summed E-state index contributed by atoms with van der Waals surface area (Å²) in [5.74, 6) is -0.0751. The van der Waals surface area contributed by atoms with Gasteiger partial charge in [-0.3, -0.25) is 4.79 Å². The van der Waals surface area contributed by atoms with Gasteiger partial charge in [0.15, 0.2) is 0 Å². The van der Waals surface area contributed by atoms with E-state index in [4.69, 9.17) is 10.5 Å². The summed E-state index contributed by atoms with van der Waals surface area (Å²) < 4.78 is 5.10. The molecule has 0 unspecified atom stereocenters. The number of anilines is 2. The molecule has 0 aliphatic carbocycles. The predicted molar refractivity (Wildman–Crippen MR) is 72.4 cm³/mol. The summed E-state index contributed by atoms with van der Waals surface area (Å²) in [6.45, 7) is 4.03. The molecule has 1 aliphatic heterocycles. The minimum atomic E-state index is -0.0716. The number of nitrogen functional groups attached to an aromatic ring is 1. The smallest absolute Gasteiger partial charge is 0.310 e. The zero-order valence-corrected chi connectivity index (χ0v) is 10.8. The van der Waals surface area contributed by atoms with Crippen LogP contribution in [-0.4, -0.2) is 25.7 Å². The fourth-order valence-corrected chi connectivity index (χ4v) is 2.35. The third kappa shape index (κ3) is 2.94. The van der Waals surface area contributed by atoms with Gasteiger partial charge in [-0.2, -0.15) is 0 Å². The molecule has 1 aromatic rings. The molecule has 18 heavy (non-hydrogen) atoms. The number of nitrogens with two attached hydrogens (primary N) is 1. The van der Waals surface area contributed by atoms with Gasteiger partial charge in [-0.1, -0.05) is 0 Å². The van der Waals surface area contributed by atoms with Crippen molar-refractivity contribution in [2.75, 3.05) is 30.3 Å². The second-order valence-corrected chi connectivity index (χ2v) is 4.63. The molecule has 0 amide bonds. The summed E-state index contributed by atoms with van der Waals surface area (Å²) in [6.07, 6.45) is 1.94. The van der Waals surface area contributed by atoms with E-state index >= 15 is 0 Å². The third-order valence-electron chi connectivity index (χ3n) is 3.30. The Kier molecular flexibility index (Phi) is 4.07. The van der Waals surface area contributed by atoms with E-state index in [9.17, 15) is 4.79 Å².